The molecule has 4 heteroatoms. The Morgan fingerprint density at radius 3 is 3.00 bits per heavy atom. The van der Waals surface area contributed by atoms with E-state index >= 15 is 0 Å². The minimum Gasteiger partial charge on any atom is -0.385 e. The molecular formula is C10H22N2O2. The van der Waals surface area contributed by atoms with Gasteiger partial charge in [0.1, 0.15) is 0 Å². The van der Waals surface area contributed by atoms with E-state index in [9.17, 15) is 0 Å². The first-order valence-corrected chi connectivity index (χ1v) is 5.43. The summed E-state index contributed by atoms with van der Waals surface area (Å²) in [4.78, 5) is 0. The molecule has 3 N–H and O–H groups in total. The van der Waals surface area contributed by atoms with Gasteiger partial charge >= 0.3 is 0 Å². The van der Waals surface area contributed by atoms with Crippen molar-refractivity contribution < 1.29 is 9.47 Å². The smallest absolute Gasteiger partial charge is 0.0576 e. The van der Waals surface area contributed by atoms with Crippen LogP contribution in [0, 0.1) is 0 Å². The van der Waals surface area contributed by atoms with Crippen LogP contribution in [0.4, 0.5) is 0 Å². The lowest BCUT2D eigenvalue weighted by Crippen LogP contribution is -2.36. The fourth-order valence-corrected chi connectivity index (χ4v) is 1.83. The summed E-state index contributed by atoms with van der Waals surface area (Å²) in [6.45, 7) is 1.70. The monoisotopic (exact) mass is 202 g/mol. The first-order valence-electron chi connectivity index (χ1n) is 5.43. The van der Waals surface area contributed by atoms with E-state index in [1.807, 2.05) is 0 Å². The van der Waals surface area contributed by atoms with Gasteiger partial charge in [-0.3, -0.25) is 11.3 Å². The van der Waals surface area contributed by atoms with Crippen molar-refractivity contribution >= 4 is 0 Å². The highest BCUT2D eigenvalue weighted by Crippen LogP contribution is 2.18. The quantitative estimate of drug-likeness (QED) is 0.474. The van der Waals surface area contributed by atoms with Crippen LogP contribution in [0.5, 0.6) is 0 Å². The number of ether oxygens (including phenoxy) is 2. The average molecular weight is 202 g/mol. The number of hydrogen-bond acceptors (Lipinski definition) is 4. The summed E-state index contributed by atoms with van der Waals surface area (Å²) in [5.74, 6) is 5.45. The van der Waals surface area contributed by atoms with Crippen molar-refractivity contribution in [2.75, 3.05) is 20.3 Å². The van der Waals surface area contributed by atoms with Gasteiger partial charge in [-0.25, -0.2) is 0 Å². The van der Waals surface area contributed by atoms with Gasteiger partial charge in [0.05, 0.1) is 6.10 Å². The average Bonchev–Trinajstić information content (AvgIpc) is 2.71. The molecule has 0 amide bonds. The molecule has 4 nitrogen and oxygen atoms in total. The Hall–Kier alpha value is -0.160. The van der Waals surface area contributed by atoms with Crippen LogP contribution in [-0.4, -0.2) is 32.5 Å². The minimum atomic E-state index is 0.360. The Kier molecular flexibility index (Phi) is 6.10. The molecule has 1 aliphatic rings. The van der Waals surface area contributed by atoms with Crippen molar-refractivity contribution in [3.63, 3.8) is 0 Å². The molecule has 0 aliphatic carbocycles. The fraction of sp³-hybridized carbons (Fsp3) is 1.00. The number of hydrazine groups is 1. The Bertz CT molecular complexity index is 138. The lowest BCUT2D eigenvalue weighted by molar-refractivity contribution is 0.0974. The van der Waals surface area contributed by atoms with Crippen molar-refractivity contribution in [1.82, 2.24) is 5.43 Å². The summed E-state index contributed by atoms with van der Waals surface area (Å²) in [6.07, 6.45) is 6.04. The molecule has 0 saturated carbocycles. The van der Waals surface area contributed by atoms with Gasteiger partial charge in [-0.15, -0.1) is 0 Å². The van der Waals surface area contributed by atoms with Gasteiger partial charge in [0.2, 0.25) is 0 Å². The van der Waals surface area contributed by atoms with Gasteiger partial charge in [0, 0.05) is 26.4 Å². The third-order valence-corrected chi connectivity index (χ3v) is 2.77. The van der Waals surface area contributed by atoms with Crippen LogP contribution < -0.4 is 11.3 Å². The van der Waals surface area contributed by atoms with Crippen molar-refractivity contribution in [3.05, 3.63) is 0 Å². The van der Waals surface area contributed by atoms with Gasteiger partial charge < -0.3 is 9.47 Å². The number of nitrogens with one attached hydrogen (secondary N) is 1. The zero-order chi connectivity index (χ0) is 10.2. The summed E-state index contributed by atoms with van der Waals surface area (Å²) in [5, 5.41) is 0. The molecule has 1 heterocycles. The minimum absolute atomic E-state index is 0.360. The van der Waals surface area contributed by atoms with Crippen molar-refractivity contribution in [2.45, 2.75) is 44.2 Å². The summed E-state index contributed by atoms with van der Waals surface area (Å²) >= 11 is 0. The van der Waals surface area contributed by atoms with Crippen LogP contribution in [0.25, 0.3) is 0 Å². The predicted molar refractivity (Wildman–Crippen MR) is 55.8 cm³/mol. The van der Waals surface area contributed by atoms with Crippen LogP contribution in [0.2, 0.25) is 0 Å². The van der Waals surface area contributed by atoms with Crippen LogP contribution >= 0.6 is 0 Å². The lowest BCUT2D eigenvalue weighted by atomic mass is 10.0. The highest BCUT2D eigenvalue weighted by atomic mass is 16.5. The number of rotatable bonds is 7. The maximum absolute atomic E-state index is 5.55. The fourth-order valence-electron chi connectivity index (χ4n) is 1.83. The molecule has 0 spiro atoms. The first-order chi connectivity index (χ1) is 6.86. The zero-order valence-electron chi connectivity index (χ0n) is 9.00. The van der Waals surface area contributed by atoms with Gasteiger partial charge in [0.25, 0.3) is 0 Å². The van der Waals surface area contributed by atoms with Gasteiger partial charge in [-0.1, -0.05) is 0 Å². The lowest BCUT2D eigenvalue weighted by Gasteiger charge is -2.17. The molecule has 2 atom stereocenters. The van der Waals surface area contributed by atoms with Gasteiger partial charge in [-0.05, 0) is 32.1 Å². The number of methoxy groups -OCH3 is 1. The zero-order valence-corrected chi connectivity index (χ0v) is 9.00. The van der Waals surface area contributed by atoms with E-state index < -0.39 is 0 Å². The van der Waals surface area contributed by atoms with Crippen LogP contribution in [0.3, 0.4) is 0 Å². The Morgan fingerprint density at radius 2 is 2.43 bits per heavy atom. The Labute approximate surface area is 86.1 Å². The molecule has 2 unspecified atom stereocenters. The summed E-state index contributed by atoms with van der Waals surface area (Å²) in [7, 11) is 1.72. The van der Waals surface area contributed by atoms with Gasteiger partial charge in [-0.2, -0.15) is 0 Å². The van der Waals surface area contributed by atoms with E-state index in [-0.39, 0.29) is 0 Å². The van der Waals surface area contributed by atoms with E-state index in [1.165, 1.54) is 12.8 Å². The van der Waals surface area contributed by atoms with E-state index in [2.05, 4.69) is 5.43 Å². The van der Waals surface area contributed by atoms with Gasteiger partial charge in [0.15, 0.2) is 0 Å². The molecule has 14 heavy (non-hydrogen) atoms. The molecule has 0 bridgehead atoms. The molecule has 84 valence electrons. The highest BCUT2D eigenvalue weighted by molar-refractivity contribution is 4.70. The number of hydrogen-bond donors (Lipinski definition) is 2. The maximum atomic E-state index is 5.55. The number of nitrogens with two attached hydrogens (primary N) is 1. The summed E-state index contributed by atoms with van der Waals surface area (Å²) in [6, 6.07) is 0.360. The van der Waals surface area contributed by atoms with Crippen LogP contribution in [0.1, 0.15) is 32.1 Å². The summed E-state index contributed by atoms with van der Waals surface area (Å²) < 4.78 is 10.6. The Balaban J connectivity index is 2.06. The molecule has 1 rings (SSSR count). The predicted octanol–water partition coefficient (Wildman–Crippen LogP) is 0.814. The second kappa shape index (κ2) is 7.17. The van der Waals surface area contributed by atoms with E-state index in [0.717, 1.165) is 32.5 Å². The second-order valence-electron chi connectivity index (χ2n) is 3.86. The summed E-state index contributed by atoms with van der Waals surface area (Å²) in [5.41, 5.74) is 2.83. The third kappa shape index (κ3) is 4.37. The topological polar surface area (TPSA) is 56.5 Å². The van der Waals surface area contributed by atoms with Crippen molar-refractivity contribution in [3.8, 4) is 0 Å². The second-order valence-corrected chi connectivity index (χ2v) is 3.86. The SMILES string of the molecule is COCCC(CCC1CCCO1)NN. The third-order valence-electron chi connectivity index (χ3n) is 2.77. The molecule has 0 aromatic carbocycles. The molecule has 1 fully saturated rings. The standard InChI is InChI=1S/C10H22N2O2/c1-13-8-6-9(12-11)4-5-10-3-2-7-14-10/h9-10,12H,2-8,11H2,1H3. The molecular weight excluding hydrogens is 180 g/mol. The maximum Gasteiger partial charge on any atom is 0.0576 e. The van der Waals surface area contributed by atoms with E-state index in [4.69, 9.17) is 15.3 Å². The molecule has 0 aromatic heterocycles. The molecule has 1 saturated heterocycles. The molecule has 0 aromatic rings. The highest BCUT2D eigenvalue weighted by Gasteiger charge is 2.17. The normalized spacial score (nSPS) is 24.0. The largest absolute Gasteiger partial charge is 0.385 e. The van der Waals surface area contributed by atoms with Crippen molar-refractivity contribution in [1.29, 1.82) is 0 Å². The van der Waals surface area contributed by atoms with E-state index in [1.54, 1.807) is 7.11 Å². The Morgan fingerprint density at radius 1 is 1.57 bits per heavy atom. The molecule has 1 aliphatic heterocycles. The van der Waals surface area contributed by atoms with Crippen molar-refractivity contribution in [2.24, 2.45) is 5.84 Å². The van der Waals surface area contributed by atoms with Crippen LogP contribution in [-0.2, 0) is 9.47 Å². The van der Waals surface area contributed by atoms with E-state index in [0.29, 0.717) is 12.1 Å². The molecule has 0 radical (unpaired) electrons. The first kappa shape index (κ1) is 11.9. The van der Waals surface area contributed by atoms with Crippen LogP contribution in [0.15, 0.2) is 0 Å².